The standard InChI is InChI=1S/C17H17N3O6S/c1-9-12(17(23)26-4)15(27-13(9)16(22)19(2)3)18-14(21)10-7-5-6-8-11(10)20(24)25/h5-8H,1-4H3,(H,18,21). The number of nitrogens with one attached hydrogen (secondary N) is 1. The first-order chi connectivity index (χ1) is 12.7. The monoisotopic (exact) mass is 391 g/mol. The van der Waals surface area contributed by atoms with Gasteiger partial charge in [0.25, 0.3) is 17.5 Å². The Kier molecular flexibility index (Phi) is 5.91. The van der Waals surface area contributed by atoms with Gasteiger partial charge in [0.05, 0.1) is 22.5 Å². The molecule has 1 N–H and O–H groups in total. The maximum atomic E-state index is 12.6. The maximum absolute atomic E-state index is 12.6. The van der Waals surface area contributed by atoms with Crippen molar-refractivity contribution >= 4 is 39.8 Å². The third-order valence-electron chi connectivity index (χ3n) is 3.71. The zero-order valence-corrected chi connectivity index (χ0v) is 15.9. The summed E-state index contributed by atoms with van der Waals surface area (Å²) in [4.78, 5) is 49.1. The van der Waals surface area contributed by atoms with Crippen LogP contribution in [0.3, 0.4) is 0 Å². The average Bonchev–Trinajstić information content (AvgIpc) is 2.96. The van der Waals surface area contributed by atoms with E-state index in [9.17, 15) is 24.5 Å². The van der Waals surface area contributed by atoms with E-state index in [0.29, 0.717) is 5.56 Å². The van der Waals surface area contributed by atoms with Gasteiger partial charge < -0.3 is 15.0 Å². The Labute approximate surface area is 158 Å². The van der Waals surface area contributed by atoms with Gasteiger partial charge in [-0.3, -0.25) is 19.7 Å². The van der Waals surface area contributed by atoms with Crippen LogP contribution >= 0.6 is 11.3 Å². The molecule has 1 aromatic carbocycles. The number of amides is 2. The Morgan fingerprint density at radius 3 is 2.41 bits per heavy atom. The molecule has 0 bridgehead atoms. The van der Waals surface area contributed by atoms with E-state index in [4.69, 9.17) is 4.74 Å². The molecule has 0 unspecified atom stereocenters. The van der Waals surface area contributed by atoms with Crippen LogP contribution in [-0.2, 0) is 4.74 Å². The van der Waals surface area contributed by atoms with Gasteiger partial charge in [-0.25, -0.2) is 4.79 Å². The minimum atomic E-state index is -0.766. The Hall–Kier alpha value is -3.27. The second-order valence-electron chi connectivity index (χ2n) is 5.68. The fourth-order valence-electron chi connectivity index (χ4n) is 2.35. The number of esters is 1. The number of hydrogen-bond donors (Lipinski definition) is 1. The highest BCUT2D eigenvalue weighted by molar-refractivity contribution is 7.18. The number of para-hydroxylation sites is 1. The molecular weight excluding hydrogens is 374 g/mol. The van der Waals surface area contributed by atoms with Crippen LogP contribution in [0, 0.1) is 17.0 Å². The first-order valence-corrected chi connectivity index (χ1v) is 8.48. The van der Waals surface area contributed by atoms with Gasteiger partial charge in [-0.1, -0.05) is 12.1 Å². The second-order valence-corrected chi connectivity index (χ2v) is 6.70. The van der Waals surface area contributed by atoms with Crippen LogP contribution in [0.2, 0.25) is 0 Å². The lowest BCUT2D eigenvalue weighted by atomic mass is 10.1. The first-order valence-electron chi connectivity index (χ1n) is 7.67. The Bertz CT molecular complexity index is 935. The summed E-state index contributed by atoms with van der Waals surface area (Å²) in [6, 6.07) is 5.44. The molecule has 2 amide bonds. The quantitative estimate of drug-likeness (QED) is 0.475. The van der Waals surface area contributed by atoms with Gasteiger partial charge in [-0.05, 0) is 18.6 Å². The molecule has 2 rings (SSSR count). The van der Waals surface area contributed by atoms with Crippen LogP contribution in [0.25, 0.3) is 0 Å². The number of nitrogens with zero attached hydrogens (tertiary/aromatic N) is 2. The Morgan fingerprint density at radius 1 is 1.22 bits per heavy atom. The second kappa shape index (κ2) is 7.96. The molecule has 0 atom stereocenters. The van der Waals surface area contributed by atoms with Crippen LogP contribution in [0.15, 0.2) is 24.3 Å². The zero-order chi connectivity index (χ0) is 20.3. The van der Waals surface area contributed by atoms with Gasteiger partial charge in [0.15, 0.2) is 0 Å². The van der Waals surface area contributed by atoms with Crippen LogP contribution < -0.4 is 5.32 Å². The molecular formula is C17H17N3O6S. The van der Waals surface area contributed by atoms with Crippen molar-refractivity contribution in [1.82, 2.24) is 4.90 Å². The SMILES string of the molecule is COC(=O)c1c(NC(=O)c2ccccc2[N+](=O)[O-])sc(C(=O)N(C)C)c1C. The van der Waals surface area contributed by atoms with E-state index in [2.05, 4.69) is 5.32 Å². The topological polar surface area (TPSA) is 119 Å². The van der Waals surface area contributed by atoms with Gasteiger partial charge in [-0.2, -0.15) is 0 Å². The summed E-state index contributed by atoms with van der Waals surface area (Å²) in [6.07, 6.45) is 0. The van der Waals surface area contributed by atoms with E-state index < -0.39 is 16.8 Å². The predicted octanol–water partition coefficient (Wildman–Crippen LogP) is 2.71. The fourth-order valence-corrected chi connectivity index (χ4v) is 3.56. The lowest BCUT2D eigenvalue weighted by molar-refractivity contribution is -0.385. The van der Waals surface area contributed by atoms with Crippen molar-refractivity contribution in [1.29, 1.82) is 0 Å². The number of nitro benzene ring substituents is 1. The summed E-state index contributed by atoms with van der Waals surface area (Å²) < 4.78 is 4.74. The van der Waals surface area contributed by atoms with Gasteiger partial charge >= 0.3 is 5.97 Å². The molecule has 0 aliphatic heterocycles. The largest absolute Gasteiger partial charge is 0.465 e. The van der Waals surface area contributed by atoms with E-state index in [-0.39, 0.29) is 32.6 Å². The van der Waals surface area contributed by atoms with Crippen molar-refractivity contribution in [2.24, 2.45) is 0 Å². The Balaban J connectivity index is 2.51. The summed E-state index contributed by atoms with van der Waals surface area (Å²) in [5.41, 5.74) is -0.125. The number of ether oxygens (including phenoxy) is 1. The van der Waals surface area contributed by atoms with E-state index in [0.717, 1.165) is 11.3 Å². The van der Waals surface area contributed by atoms with Gasteiger partial charge in [0.2, 0.25) is 0 Å². The molecule has 27 heavy (non-hydrogen) atoms. The van der Waals surface area contributed by atoms with Crippen LogP contribution in [0.5, 0.6) is 0 Å². The molecule has 9 nitrogen and oxygen atoms in total. The molecule has 0 radical (unpaired) electrons. The van der Waals surface area contributed by atoms with Crippen molar-refractivity contribution in [2.45, 2.75) is 6.92 Å². The minimum absolute atomic E-state index is 0.0413. The normalized spacial score (nSPS) is 10.2. The molecule has 0 fully saturated rings. The minimum Gasteiger partial charge on any atom is -0.465 e. The van der Waals surface area contributed by atoms with Crippen LogP contribution in [-0.4, -0.2) is 48.8 Å². The van der Waals surface area contributed by atoms with Gasteiger partial charge in [0, 0.05) is 20.2 Å². The van der Waals surface area contributed by atoms with Crippen molar-refractivity contribution in [3.05, 3.63) is 55.9 Å². The third kappa shape index (κ3) is 3.95. The molecule has 142 valence electrons. The molecule has 0 saturated heterocycles. The highest BCUT2D eigenvalue weighted by Crippen LogP contribution is 2.35. The van der Waals surface area contributed by atoms with Crippen molar-refractivity contribution in [3.63, 3.8) is 0 Å². The van der Waals surface area contributed by atoms with Crippen molar-refractivity contribution < 1.29 is 24.0 Å². The number of methoxy groups -OCH3 is 1. The first kappa shape index (κ1) is 20.0. The van der Waals surface area contributed by atoms with E-state index in [1.165, 1.54) is 36.3 Å². The average molecular weight is 391 g/mol. The van der Waals surface area contributed by atoms with Crippen molar-refractivity contribution in [3.8, 4) is 0 Å². The number of thiophene rings is 1. The molecule has 10 heteroatoms. The molecule has 0 aliphatic carbocycles. The lowest BCUT2D eigenvalue weighted by Gasteiger charge is -2.08. The van der Waals surface area contributed by atoms with Crippen LogP contribution in [0.4, 0.5) is 10.7 Å². The smallest absolute Gasteiger partial charge is 0.341 e. The van der Waals surface area contributed by atoms with Gasteiger partial charge in [-0.15, -0.1) is 11.3 Å². The highest BCUT2D eigenvalue weighted by Gasteiger charge is 2.28. The van der Waals surface area contributed by atoms with E-state index in [1.54, 1.807) is 21.0 Å². The Morgan fingerprint density at radius 2 is 1.85 bits per heavy atom. The van der Waals surface area contributed by atoms with Crippen LogP contribution in [0.1, 0.15) is 36.0 Å². The molecule has 0 aliphatic rings. The predicted molar refractivity (Wildman–Crippen MR) is 99.5 cm³/mol. The number of carbonyl (C=O) groups is 3. The number of nitro groups is 1. The number of benzene rings is 1. The maximum Gasteiger partial charge on any atom is 0.341 e. The molecule has 1 aromatic heterocycles. The van der Waals surface area contributed by atoms with E-state index >= 15 is 0 Å². The number of anilines is 1. The summed E-state index contributed by atoms with van der Waals surface area (Å²) >= 11 is 0.910. The third-order valence-corrected chi connectivity index (χ3v) is 4.90. The summed E-state index contributed by atoms with van der Waals surface area (Å²) in [5, 5.41) is 13.7. The number of carbonyl (C=O) groups excluding carboxylic acids is 3. The van der Waals surface area contributed by atoms with E-state index in [1.807, 2.05) is 0 Å². The molecule has 0 saturated carbocycles. The molecule has 2 aromatic rings. The summed E-state index contributed by atoms with van der Waals surface area (Å²) in [6.45, 7) is 1.57. The number of rotatable bonds is 5. The highest BCUT2D eigenvalue weighted by atomic mass is 32.1. The fraction of sp³-hybridized carbons (Fsp3) is 0.235. The summed E-state index contributed by atoms with van der Waals surface area (Å²) in [7, 11) is 4.30. The molecule has 1 heterocycles. The zero-order valence-electron chi connectivity index (χ0n) is 15.1. The molecule has 0 spiro atoms. The van der Waals surface area contributed by atoms with Gasteiger partial charge in [0.1, 0.15) is 10.6 Å². The lowest BCUT2D eigenvalue weighted by Crippen LogP contribution is -2.21. The number of hydrogen-bond acceptors (Lipinski definition) is 7. The summed E-state index contributed by atoms with van der Waals surface area (Å²) in [5.74, 6) is -1.83. The van der Waals surface area contributed by atoms with Crippen molar-refractivity contribution in [2.75, 3.05) is 26.5 Å².